The van der Waals surface area contributed by atoms with Crippen LogP contribution in [0, 0.1) is 11.1 Å². The van der Waals surface area contributed by atoms with Gasteiger partial charge in [-0.2, -0.15) is 4.73 Å². The van der Waals surface area contributed by atoms with E-state index in [4.69, 9.17) is 4.74 Å². The number of ketones is 1. The number of aliphatic hydroxyl groups is 1. The van der Waals surface area contributed by atoms with Crippen molar-refractivity contribution in [1.82, 2.24) is 0 Å². The number of carbonyl (C=O) groups excluding carboxylic acids is 2. The van der Waals surface area contributed by atoms with E-state index in [1.54, 1.807) is 78.7 Å². The smallest absolute Gasteiger partial charge is 0.294 e. The lowest BCUT2D eigenvalue weighted by atomic mass is 9.79. The Balaban J connectivity index is 1.53. The van der Waals surface area contributed by atoms with Gasteiger partial charge in [-0.3, -0.25) is 14.5 Å². The summed E-state index contributed by atoms with van der Waals surface area (Å²) in [6, 6.07) is 18.4. The van der Waals surface area contributed by atoms with Gasteiger partial charge in [-0.1, -0.05) is 19.3 Å². The first-order valence-electron chi connectivity index (χ1n) is 12.2. The summed E-state index contributed by atoms with van der Waals surface area (Å²) in [5, 5.41) is 23.2. The van der Waals surface area contributed by atoms with Gasteiger partial charge in [-0.15, -0.1) is 0 Å². The number of anilines is 1. The number of rotatable bonds is 6. The molecule has 2 aromatic carbocycles. The van der Waals surface area contributed by atoms with Gasteiger partial charge in [0.05, 0.1) is 18.7 Å². The highest BCUT2D eigenvalue weighted by Crippen LogP contribution is 2.41. The maximum Gasteiger partial charge on any atom is 0.294 e. The minimum Gasteiger partial charge on any atom is -0.618 e. The van der Waals surface area contributed by atoms with Crippen molar-refractivity contribution in [2.45, 2.75) is 38.1 Å². The van der Waals surface area contributed by atoms with Crippen molar-refractivity contribution in [3.8, 4) is 17.0 Å². The summed E-state index contributed by atoms with van der Waals surface area (Å²) in [5.74, 6) is -0.739. The second kappa shape index (κ2) is 9.85. The normalized spacial score (nSPS) is 18.5. The lowest BCUT2D eigenvalue weighted by Crippen LogP contribution is -2.42. The molecule has 3 aromatic rings. The third kappa shape index (κ3) is 4.21. The van der Waals surface area contributed by atoms with Crippen LogP contribution in [0.3, 0.4) is 0 Å². The molecular formula is C29H28N2O5. The van der Waals surface area contributed by atoms with Crippen LogP contribution in [0.1, 0.15) is 42.5 Å². The molecule has 2 aliphatic rings. The predicted octanol–water partition coefficient (Wildman–Crippen LogP) is 4.99. The van der Waals surface area contributed by atoms with Crippen LogP contribution < -0.4 is 14.4 Å². The predicted molar refractivity (Wildman–Crippen MR) is 136 cm³/mol. The Kier molecular flexibility index (Phi) is 6.46. The van der Waals surface area contributed by atoms with Crippen molar-refractivity contribution in [3.63, 3.8) is 0 Å². The van der Waals surface area contributed by atoms with Gasteiger partial charge < -0.3 is 15.1 Å². The second-order valence-corrected chi connectivity index (χ2v) is 9.30. The average Bonchev–Trinajstić information content (AvgIpc) is 3.19. The number of hydrogen-bond donors (Lipinski definition) is 1. The van der Waals surface area contributed by atoms with Crippen molar-refractivity contribution in [2.75, 3.05) is 12.0 Å². The number of Topliss-reactive ketones (excluding diaryl/α,β-unsaturated/α-hetero) is 1. The molecule has 36 heavy (non-hydrogen) atoms. The summed E-state index contributed by atoms with van der Waals surface area (Å²) in [5.41, 5.74) is 2.34. The number of pyridine rings is 1. The third-order valence-corrected chi connectivity index (χ3v) is 7.21. The van der Waals surface area contributed by atoms with E-state index in [1.165, 1.54) is 6.20 Å². The minimum absolute atomic E-state index is 0.0575. The SMILES string of the molecule is COc1ccc(C(=O)C2=C(O)C(=O)N(c3ccc(-c4cccc[n+]4[O-])cc3)C2C2CCCCC2)cc1. The molecule has 1 unspecified atom stereocenters. The van der Waals surface area contributed by atoms with Gasteiger partial charge in [0.25, 0.3) is 5.91 Å². The Hall–Kier alpha value is -4.13. The van der Waals surface area contributed by atoms with Crippen LogP contribution in [0.15, 0.2) is 84.3 Å². The number of methoxy groups -OCH3 is 1. The molecule has 1 saturated carbocycles. The Morgan fingerprint density at radius 2 is 1.69 bits per heavy atom. The Morgan fingerprint density at radius 3 is 2.33 bits per heavy atom. The maximum atomic E-state index is 13.6. The first kappa shape index (κ1) is 23.6. The molecule has 0 spiro atoms. The van der Waals surface area contributed by atoms with E-state index in [0.717, 1.165) is 36.8 Å². The van der Waals surface area contributed by atoms with Crippen molar-refractivity contribution < 1.29 is 24.2 Å². The molecule has 7 nitrogen and oxygen atoms in total. The molecule has 1 N–H and O–H groups in total. The molecule has 1 aliphatic carbocycles. The summed E-state index contributed by atoms with van der Waals surface area (Å²) >= 11 is 0. The molecular weight excluding hydrogens is 456 g/mol. The summed E-state index contributed by atoms with van der Waals surface area (Å²) < 4.78 is 5.99. The van der Waals surface area contributed by atoms with Crippen molar-refractivity contribution in [3.05, 3.63) is 95.0 Å². The summed E-state index contributed by atoms with van der Waals surface area (Å²) in [4.78, 5) is 28.6. The van der Waals surface area contributed by atoms with Crippen molar-refractivity contribution in [1.29, 1.82) is 0 Å². The van der Waals surface area contributed by atoms with Crippen LogP contribution in [0.4, 0.5) is 5.69 Å². The van der Waals surface area contributed by atoms with Crippen LogP contribution in [0.25, 0.3) is 11.3 Å². The van der Waals surface area contributed by atoms with Crippen molar-refractivity contribution in [2.24, 2.45) is 5.92 Å². The highest BCUT2D eigenvalue weighted by Gasteiger charge is 2.47. The van der Waals surface area contributed by atoms with Gasteiger partial charge in [0.15, 0.2) is 17.7 Å². The zero-order valence-electron chi connectivity index (χ0n) is 20.1. The molecule has 0 bridgehead atoms. The van der Waals surface area contributed by atoms with Crippen LogP contribution in [0.2, 0.25) is 0 Å². The number of amides is 1. The zero-order valence-corrected chi connectivity index (χ0v) is 20.1. The largest absolute Gasteiger partial charge is 0.618 e. The standard InChI is InChI=1S/C29H28N2O5/c1-36-23-16-12-21(13-17-23)27(32)25-26(20-7-3-2-4-8-20)31(29(34)28(25)33)22-14-10-19(11-15-22)24-9-5-6-18-30(24)35/h5-6,9-18,20,26,33H,2-4,7-8H2,1H3. The minimum atomic E-state index is -0.575. The highest BCUT2D eigenvalue weighted by molar-refractivity contribution is 6.20. The Labute approximate surface area is 209 Å². The van der Waals surface area contributed by atoms with Crippen LogP contribution in [-0.4, -0.2) is 29.9 Å². The quantitative estimate of drug-likeness (QED) is 0.302. The molecule has 0 saturated heterocycles. The van der Waals surface area contributed by atoms with Gasteiger partial charge in [-0.25, -0.2) is 0 Å². The highest BCUT2D eigenvalue weighted by atomic mass is 16.5. The number of aromatic nitrogens is 1. The fraction of sp³-hybridized carbons (Fsp3) is 0.276. The molecule has 7 heteroatoms. The maximum absolute atomic E-state index is 13.6. The monoisotopic (exact) mass is 484 g/mol. The van der Waals surface area contributed by atoms with Crippen LogP contribution >= 0.6 is 0 Å². The number of aliphatic hydroxyl groups excluding tert-OH is 1. The van der Waals surface area contributed by atoms with Gasteiger partial charge in [0.2, 0.25) is 5.69 Å². The molecule has 2 heterocycles. The van der Waals surface area contributed by atoms with E-state index < -0.39 is 17.7 Å². The molecule has 0 radical (unpaired) electrons. The van der Waals surface area contributed by atoms with E-state index in [0.29, 0.717) is 28.3 Å². The fourth-order valence-electron chi connectivity index (χ4n) is 5.38. The number of nitrogens with zero attached hydrogens (tertiary/aromatic N) is 2. The number of ether oxygens (including phenoxy) is 1. The molecule has 1 atom stereocenters. The summed E-state index contributed by atoms with van der Waals surface area (Å²) in [6.07, 6.45) is 6.34. The molecule has 1 aliphatic heterocycles. The first-order chi connectivity index (χ1) is 17.5. The third-order valence-electron chi connectivity index (χ3n) is 7.21. The topological polar surface area (TPSA) is 93.8 Å². The summed E-state index contributed by atoms with van der Waals surface area (Å²) in [7, 11) is 1.55. The fourth-order valence-corrected chi connectivity index (χ4v) is 5.38. The van der Waals surface area contributed by atoms with Gasteiger partial charge in [0.1, 0.15) is 5.75 Å². The Bertz CT molecular complexity index is 1310. The second-order valence-electron chi connectivity index (χ2n) is 9.30. The lowest BCUT2D eigenvalue weighted by Gasteiger charge is -2.35. The molecule has 5 rings (SSSR count). The molecule has 1 amide bonds. The van der Waals surface area contributed by atoms with E-state index in [9.17, 15) is 19.9 Å². The van der Waals surface area contributed by atoms with E-state index in [2.05, 4.69) is 0 Å². The number of benzene rings is 2. The van der Waals surface area contributed by atoms with Crippen LogP contribution in [-0.2, 0) is 4.79 Å². The van der Waals surface area contributed by atoms with Crippen LogP contribution in [0.5, 0.6) is 5.75 Å². The van der Waals surface area contributed by atoms with E-state index in [-0.39, 0.29) is 17.3 Å². The summed E-state index contributed by atoms with van der Waals surface area (Å²) in [6.45, 7) is 0. The molecule has 184 valence electrons. The number of carbonyl (C=O) groups is 2. The zero-order chi connectivity index (χ0) is 25.2. The van der Waals surface area contributed by atoms with Crippen molar-refractivity contribution >= 4 is 17.4 Å². The molecule has 1 aromatic heterocycles. The number of hydrogen-bond acceptors (Lipinski definition) is 5. The lowest BCUT2D eigenvalue weighted by molar-refractivity contribution is -0.593. The van der Waals surface area contributed by atoms with E-state index >= 15 is 0 Å². The Morgan fingerprint density at radius 1 is 1.00 bits per heavy atom. The van der Waals surface area contributed by atoms with Gasteiger partial charge in [-0.05, 0) is 73.4 Å². The van der Waals surface area contributed by atoms with E-state index in [1.807, 2.05) is 0 Å². The van der Waals surface area contributed by atoms with Gasteiger partial charge in [0, 0.05) is 28.9 Å². The average molecular weight is 485 g/mol. The first-order valence-corrected chi connectivity index (χ1v) is 12.2. The molecule has 1 fully saturated rings. The van der Waals surface area contributed by atoms with Gasteiger partial charge >= 0.3 is 0 Å².